The molecule has 0 aliphatic heterocycles. The topological polar surface area (TPSA) is 23.8 Å². The third-order valence-corrected chi connectivity index (χ3v) is 4.45. The molecule has 1 aromatic rings. The number of rotatable bonds is 7. The van der Waals surface area contributed by atoms with Gasteiger partial charge in [0.05, 0.1) is 0 Å². The summed E-state index contributed by atoms with van der Waals surface area (Å²) in [5.74, 6) is 0.927. The van der Waals surface area contributed by atoms with Crippen molar-refractivity contribution in [2.45, 2.75) is 36.3 Å². The number of benzene rings is 1. The smallest absolute Gasteiger partial charge is 0.133 e. The van der Waals surface area contributed by atoms with E-state index < -0.39 is 0 Å². The van der Waals surface area contributed by atoms with Crippen molar-refractivity contribution in [2.75, 3.05) is 5.75 Å². The molecule has 86 valence electrons. The predicted octanol–water partition coefficient (Wildman–Crippen LogP) is 4.55. The number of thiocyanates is 1. The van der Waals surface area contributed by atoms with E-state index in [4.69, 9.17) is 5.26 Å². The summed E-state index contributed by atoms with van der Waals surface area (Å²) in [7, 11) is 0. The molecule has 0 heterocycles. The minimum Gasteiger partial charge on any atom is -0.185 e. The van der Waals surface area contributed by atoms with E-state index in [2.05, 4.69) is 36.6 Å². The molecule has 0 aliphatic carbocycles. The van der Waals surface area contributed by atoms with Crippen molar-refractivity contribution in [3.8, 4) is 5.40 Å². The Labute approximate surface area is 107 Å². The van der Waals surface area contributed by atoms with Gasteiger partial charge in [0.25, 0.3) is 0 Å². The molecule has 0 aromatic heterocycles. The van der Waals surface area contributed by atoms with Crippen LogP contribution in [0.4, 0.5) is 0 Å². The summed E-state index contributed by atoms with van der Waals surface area (Å²) in [4.78, 5) is 1.31. The Balaban J connectivity index is 2.46. The quantitative estimate of drug-likeness (QED) is 0.524. The Morgan fingerprint density at radius 1 is 1.31 bits per heavy atom. The second kappa shape index (κ2) is 8.55. The normalized spacial score (nSPS) is 12.0. The van der Waals surface area contributed by atoms with Crippen molar-refractivity contribution in [1.82, 2.24) is 0 Å². The first kappa shape index (κ1) is 13.5. The molecule has 3 heteroatoms. The summed E-state index contributed by atoms with van der Waals surface area (Å²) in [6.45, 7) is 2.21. The van der Waals surface area contributed by atoms with E-state index in [0.717, 1.165) is 5.75 Å². The molecule has 0 N–H and O–H groups in total. The Kier molecular flexibility index (Phi) is 7.20. The van der Waals surface area contributed by atoms with E-state index in [1.54, 1.807) is 0 Å². The first-order valence-electron chi connectivity index (χ1n) is 5.59. The number of hydrogen-bond donors (Lipinski definition) is 0. The van der Waals surface area contributed by atoms with E-state index >= 15 is 0 Å². The van der Waals surface area contributed by atoms with Crippen molar-refractivity contribution in [2.24, 2.45) is 0 Å². The molecule has 0 spiro atoms. The van der Waals surface area contributed by atoms with Crippen molar-refractivity contribution in [3.05, 3.63) is 30.3 Å². The average Bonchev–Trinajstić information content (AvgIpc) is 2.34. The molecule has 1 rings (SSSR count). The van der Waals surface area contributed by atoms with E-state index in [1.165, 1.54) is 35.9 Å². The first-order valence-corrected chi connectivity index (χ1v) is 7.46. The van der Waals surface area contributed by atoms with Crippen LogP contribution in [0.25, 0.3) is 0 Å². The molecule has 1 unspecified atom stereocenters. The highest BCUT2D eigenvalue weighted by atomic mass is 32.2. The van der Waals surface area contributed by atoms with Gasteiger partial charge in [0, 0.05) is 15.9 Å². The van der Waals surface area contributed by atoms with Crippen LogP contribution in [-0.2, 0) is 0 Å². The average molecular weight is 251 g/mol. The van der Waals surface area contributed by atoms with E-state index in [-0.39, 0.29) is 0 Å². The predicted molar refractivity (Wildman–Crippen MR) is 73.7 cm³/mol. The summed E-state index contributed by atoms with van der Waals surface area (Å²) in [5, 5.41) is 11.3. The standard InChI is InChI=1S/C13H17NS2/c1-2-3-7-13(10-15-11-14)16-12-8-5-4-6-9-12/h4-6,8-9,13H,2-3,7,10H2,1H3. The highest BCUT2D eigenvalue weighted by Crippen LogP contribution is 2.28. The van der Waals surface area contributed by atoms with Crippen molar-refractivity contribution >= 4 is 23.5 Å². The van der Waals surface area contributed by atoms with Crippen LogP contribution in [0.1, 0.15) is 26.2 Å². The number of hydrogen-bond acceptors (Lipinski definition) is 3. The van der Waals surface area contributed by atoms with Gasteiger partial charge in [-0.05, 0) is 30.3 Å². The minimum atomic E-state index is 0.562. The summed E-state index contributed by atoms with van der Waals surface area (Å²) >= 11 is 3.27. The maximum atomic E-state index is 8.61. The lowest BCUT2D eigenvalue weighted by Crippen LogP contribution is -2.05. The van der Waals surface area contributed by atoms with Gasteiger partial charge < -0.3 is 0 Å². The molecule has 0 radical (unpaired) electrons. The van der Waals surface area contributed by atoms with Gasteiger partial charge in [-0.15, -0.1) is 11.8 Å². The number of thioether (sulfide) groups is 2. The molecule has 0 saturated carbocycles. The third-order valence-electron chi connectivity index (χ3n) is 2.26. The van der Waals surface area contributed by atoms with Gasteiger partial charge in [-0.1, -0.05) is 38.0 Å². The largest absolute Gasteiger partial charge is 0.185 e. The monoisotopic (exact) mass is 251 g/mol. The zero-order valence-electron chi connectivity index (χ0n) is 9.56. The van der Waals surface area contributed by atoms with E-state index in [1.807, 2.05) is 17.8 Å². The van der Waals surface area contributed by atoms with Gasteiger partial charge in [-0.25, -0.2) is 0 Å². The molecule has 0 amide bonds. The van der Waals surface area contributed by atoms with Crippen LogP contribution >= 0.6 is 23.5 Å². The first-order chi connectivity index (χ1) is 7.86. The highest BCUT2D eigenvalue weighted by molar-refractivity contribution is 8.06. The number of unbranched alkanes of at least 4 members (excludes halogenated alkanes) is 1. The lowest BCUT2D eigenvalue weighted by Gasteiger charge is -2.13. The molecule has 0 saturated heterocycles. The van der Waals surface area contributed by atoms with E-state index in [0.29, 0.717) is 5.25 Å². The maximum absolute atomic E-state index is 8.61. The molecule has 1 atom stereocenters. The van der Waals surface area contributed by atoms with Gasteiger partial charge in [-0.3, -0.25) is 0 Å². The van der Waals surface area contributed by atoms with Crippen LogP contribution in [0.3, 0.4) is 0 Å². The van der Waals surface area contributed by atoms with Gasteiger partial charge in [0.15, 0.2) is 0 Å². The maximum Gasteiger partial charge on any atom is 0.133 e. The number of nitrogens with zero attached hydrogens (tertiary/aromatic N) is 1. The van der Waals surface area contributed by atoms with Gasteiger partial charge in [-0.2, -0.15) is 5.26 Å². The van der Waals surface area contributed by atoms with Crippen LogP contribution in [0.15, 0.2) is 35.2 Å². The lowest BCUT2D eigenvalue weighted by molar-refractivity contribution is 0.717. The molecule has 1 nitrogen and oxygen atoms in total. The Hall–Kier alpha value is -0.590. The zero-order valence-corrected chi connectivity index (χ0v) is 11.2. The fraction of sp³-hybridized carbons (Fsp3) is 0.462. The summed E-state index contributed by atoms with van der Waals surface area (Å²) in [5.41, 5.74) is 0. The molecule has 1 aromatic carbocycles. The zero-order chi connectivity index (χ0) is 11.6. The summed E-state index contributed by atoms with van der Waals surface area (Å²) in [6.07, 6.45) is 3.67. The summed E-state index contributed by atoms with van der Waals surface area (Å²) in [6, 6.07) is 10.4. The molecule has 0 fully saturated rings. The molecular formula is C13H17NS2. The van der Waals surface area contributed by atoms with Crippen LogP contribution < -0.4 is 0 Å². The molecule has 0 aliphatic rings. The molecule has 16 heavy (non-hydrogen) atoms. The summed E-state index contributed by atoms with van der Waals surface area (Å²) < 4.78 is 0. The Bertz CT molecular complexity index is 318. The van der Waals surface area contributed by atoms with Crippen molar-refractivity contribution in [3.63, 3.8) is 0 Å². The fourth-order valence-corrected chi connectivity index (χ4v) is 3.32. The van der Waals surface area contributed by atoms with Crippen LogP contribution in [0.5, 0.6) is 0 Å². The van der Waals surface area contributed by atoms with Crippen molar-refractivity contribution in [1.29, 1.82) is 5.26 Å². The van der Waals surface area contributed by atoms with Crippen LogP contribution in [0, 0.1) is 10.7 Å². The molecule has 0 bridgehead atoms. The van der Waals surface area contributed by atoms with E-state index in [9.17, 15) is 0 Å². The van der Waals surface area contributed by atoms with Crippen LogP contribution in [0.2, 0.25) is 0 Å². The van der Waals surface area contributed by atoms with Gasteiger partial charge in [0.2, 0.25) is 0 Å². The van der Waals surface area contributed by atoms with Gasteiger partial charge in [0.1, 0.15) is 5.40 Å². The second-order valence-corrected chi connectivity index (χ2v) is 5.78. The van der Waals surface area contributed by atoms with Gasteiger partial charge >= 0.3 is 0 Å². The van der Waals surface area contributed by atoms with Crippen molar-refractivity contribution < 1.29 is 0 Å². The fourth-order valence-electron chi connectivity index (χ4n) is 1.43. The van der Waals surface area contributed by atoms with Crippen LogP contribution in [-0.4, -0.2) is 11.0 Å². The minimum absolute atomic E-state index is 0.562. The second-order valence-electron chi connectivity index (χ2n) is 3.60. The Morgan fingerprint density at radius 2 is 2.06 bits per heavy atom. The lowest BCUT2D eigenvalue weighted by atomic mass is 10.2. The third kappa shape index (κ3) is 5.48. The highest BCUT2D eigenvalue weighted by Gasteiger charge is 2.10. The molecular weight excluding hydrogens is 234 g/mol. The number of nitriles is 1. The Morgan fingerprint density at radius 3 is 2.69 bits per heavy atom. The SMILES string of the molecule is CCCCC(CSC#N)Sc1ccccc1.